The molecule has 0 heterocycles. The molecule has 4 aliphatic carbocycles. The summed E-state index contributed by atoms with van der Waals surface area (Å²) in [4.78, 5) is 0. The van der Waals surface area contributed by atoms with Crippen LogP contribution in [0.3, 0.4) is 0 Å². The van der Waals surface area contributed by atoms with Crippen LogP contribution < -0.4 is 5.73 Å². The van der Waals surface area contributed by atoms with Gasteiger partial charge in [0, 0.05) is 6.54 Å². The number of hydrogen-bond acceptors (Lipinski definition) is 3. The summed E-state index contributed by atoms with van der Waals surface area (Å²) in [6.45, 7) is 0.282. The van der Waals surface area contributed by atoms with Gasteiger partial charge in [0.25, 0.3) is 0 Å². The zero-order chi connectivity index (χ0) is 11.4. The lowest BCUT2D eigenvalue weighted by Gasteiger charge is -2.55. The van der Waals surface area contributed by atoms with E-state index in [2.05, 4.69) is 0 Å². The summed E-state index contributed by atoms with van der Waals surface area (Å²) in [7, 11) is -2.95. The maximum Gasteiger partial charge on any atom is 0.157 e. The highest BCUT2D eigenvalue weighted by Gasteiger charge is 2.56. The summed E-state index contributed by atoms with van der Waals surface area (Å²) in [6.07, 6.45) is 6.66. The van der Waals surface area contributed by atoms with E-state index in [1.165, 1.54) is 19.3 Å². The molecule has 4 bridgehead atoms. The lowest BCUT2D eigenvalue weighted by atomic mass is 9.56. The van der Waals surface area contributed by atoms with Gasteiger partial charge in [-0.1, -0.05) is 0 Å². The Morgan fingerprint density at radius 1 is 1.00 bits per heavy atom. The van der Waals surface area contributed by atoms with Crippen LogP contribution in [-0.4, -0.2) is 25.5 Å². The maximum atomic E-state index is 12.4. The van der Waals surface area contributed by atoms with Crippen molar-refractivity contribution >= 4 is 9.84 Å². The van der Waals surface area contributed by atoms with Crippen molar-refractivity contribution in [1.82, 2.24) is 0 Å². The van der Waals surface area contributed by atoms with Crippen LogP contribution in [0.25, 0.3) is 0 Å². The van der Waals surface area contributed by atoms with Gasteiger partial charge in [-0.15, -0.1) is 0 Å². The molecule has 4 heteroatoms. The third kappa shape index (κ3) is 1.46. The van der Waals surface area contributed by atoms with Crippen LogP contribution in [-0.2, 0) is 9.84 Å². The highest BCUT2D eigenvalue weighted by atomic mass is 32.2. The molecule has 4 rings (SSSR count). The van der Waals surface area contributed by atoms with E-state index in [1.54, 1.807) is 0 Å². The van der Waals surface area contributed by atoms with Gasteiger partial charge in [-0.25, -0.2) is 8.42 Å². The van der Waals surface area contributed by atoms with E-state index < -0.39 is 9.84 Å². The molecule has 0 aliphatic heterocycles. The summed E-state index contributed by atoms with van der Waals surface area (Å²) in [6, 6.07) is 0. The van der Waals surface area contributed by atoms with Gasteiger partial charge >= 0.3 is 0 Å². The first-order valence-corrected chi connectivity index (χ1v) is 8.12. The average Bonchev–Trinajstić information content (AvgIpc) is 2.14. The molecular formula is C12H21NO2S. The fourth-order valence-electron chi connectivity index (χ4n) is 4.78. The fourth-order valence-corrected chi connectivity index (χ4v) is 7.00. The molecule has 3 nitrogen and oxygen atoms in total. The molecule has 4 fully saturated rings. The van der Waals surface area contributed by atoms with E-state index in [9.17, 15) is 8.42 Å². The minimum atomic E-state index is -2.95. The Balaban J connectivity index is 1.94. The van der Waals surface area contributed by atoms with Gasteiger partial charge < -0.3 is 5.73 Å². The molecule has 0 spiro atoms. The first-order chi connectivity index (χ1) is 7.55. The number of nitrogens with two attached hydrogens (primary N) is 1. The highest BCUT2D eigenvalue weighted by Crippen LogP contribution is 2.58. The largest absolute Gasteiger partial charge is 0.329 e. The predicted octanol–water partition coefficient (Wildman–Crippen LogP) is 1.33. The zero-order valence-corrected chi connectivity index (χ0v) is 10.5. The lowest BCUT2D eigenvalue weighted by molar-refractivity contribution is 0.0339. The van der Waals surface area contributed by atoms with Crippen LogP contribution >= 0.6 is 0 Å². The van der Waals surface area contributed by atoms with Gasteiger partial charge in [0.05, 0.1) is 10.5 Å². The molecule has 4 aliphatic rings. The third-order valence-corrected chi connectivity index (χ3v) is 7.62. The van der Waals surface area contributed by atoms with Gasteiger partial charge in [-0.05, 0) is 56.3 Å². The molecule has 92 valence electrons. The van der Waals surface area contributed by atoms with E-state index in [1.807, 2.05) is 0 Å². The minimum Gasteiger partial charge on any atom is -0.329 e. The van der Waals surface area contributed by atoms with Crippen molar-refractivity contribution in [2.45, 2.75) is 43.3 Å². The summed E-state index contributed by atoms with van der Waals surface area (Å²) in [5.74, 6) is 2.27. The normalized spacial score (nSPS) is 46.2. The molecule has 16 heavy (non-hydrogen) atoms. The van der Waals surface area contributed by atoms with Crippen molar-refractivity contribution in [3.63, 3.8) is 0 Å². The monoisotopic (exact) mass is 243 g/mol. The Labute approximate surface area is 97.7 Å². The standard InChI is InChI=1S/C12H21NO2S/c13-1-2-16(14,15)12-6-9-3-10(7-12)5-11(4-9)8-12/h9-11H,1-8,13H2. The Morgan fingerprint density at radius 3 is 1.81 bits per heavy atom. The van der Waals surface area contributed by atoms with E-state index in [0.717, 1.165) is 19.3 Å². The predicted molar refractivity (Wildman–Crippen MR) is 63.7 cm³/mol. The number of sulfone groups is 1. The van der Waals surface area contributed by atoms with Crippen molar-refractivity contribution in [3.05, 3.63) is 0 Å². The Kier molecular flexibility index (Phi) is 2.38. The second-order valence-corrected chi connectivity index (χ2v) is 8.71. The van der Waals surface area contributed by atoms with E-state index in [-0.39, 0.29) is 17.0 Å². The van der Waals surface area contributed by atoms with Crippen molar-refractivity contribution < 1.29 is 8.42 Å². The molecule has 0 aromatic rings. The van der Waals surface area contributed by atoms with Gasteiger partial charge in [0.2, 0.25) is 0 Å². The molecule has 0 atom stereocenters. The summed E-state index contributed by atoms with van der Waals surface area (Å²) in [5, 5.41) is 0. The Hall–Kier alpha value is -0.0900. The zero-order valence-electron chi connectivity index (χ0n) is 9.69. The second kappa shape index (κ2) is 3.45. The minimum absolute atomic E-state index is 0.194. The van der Waals surface area contributed by atoms with Crippen molar-refractivity contribution in [3.8, 4) is 0 Å². The summed E-state index contributed by atoms with van der Waals surface area (Å²) >= 11 is 0. The van der Waals surface area contributed by atoms with Crippen LogP contribution in [0.4, 0.5) is 0 Å². The maximum absolute atomic E-state index is 12.4. The SMILES string of the molecule is NCCS(=O)(=O)C12CC3CC(CC(C3)C1)C2. The topological polar surface area (TPSA) is 60.2 Å². The molecule has 4 saturated carbocycles. The van der Waals surface area contributed by atoms with E-state index >= 15 is 0 Å². The first-order valence-electron chi connectivity index (χ1n) is 6.47. The number of rotatable bonds is 3. The molecule has 0 unspecified atom stereocenters. The van der Waals surface area contributed by atoms with Crippen molar-refractivity contribution in [2.75, 3.05) is 12.3 Å². The number of hydrogen-bond donors (Lipinski definition) is 1. The lowest BCUT2D eigenvalue weighted by Crippen LogP contribution is -2.55. The molecule has 0 saturated heterocycles. The quantitative estimate of drug-likeness (QED) is 0.813. The van der Waals surface area contributed by atoms with Gasteiger partial charge in [0.1, 0.15) is 0 Å². The second-order valence-electron chi connectivity index (χ2n) is 6.21. The molecule has 0 radical (unpaired) electrons. The third-order valence-electron chi connectivity index (χ3n) is 5.03. The summed E-state index contributed by atoms with van der Waals surface area (Å²) in [5.41, 5.74) is 5.45. The van der Waals surface area contributed by atoms with Gasteiger partial charge in [0.15, 0.2) is 9.84 Å². The first kappa shape index (κ1) is 11.0. The van der Waals surface area contributed by atoms with Crippen LogP contribution in [0.2, 0.25) is 0 Å². The molecule has 2 N–H and O–H groups in total. The highest BCUT2D eigenvalue weighted by molar-refractivity contribution is 7.92. The average molecular weight is 243 g/mol. The smallest absolute Gasteiger partial charge is 0.157 e. The van der Waals surface area contributed by atoms with E-state index in [4.69, 9.17) is 5.73 Å². The van der Waals surface area contributed by atoms with Crippen molar-refractivity contribution in [2.24, 2.45) is 23.5 Å². The molecule has 0 aromatic carbocycles. The molecular weight excluding hydrogens is 222 g/mol. The van der Waals surface area contributed by atoms with Crippen LogP contribution in [0, 0.1) is 17.8 Å². The van der Waals surface area contributed by atoms with Crippen LogP contribution in [0.15, 0.2) is 0 Å². The van der Waals surface area contributed by atoms with E-state index in [0.29, 0.717) is 17.8 Å². The van der Waals surface area contributed by atoms with Crippen LogP contribution in [0.5, 0.6) is 0 Å². The van der Waals surface area contributed by atoms with Crippen LogP contribution in [0.1, 0.15) is 38.5 Å². The summed E-state index contributed by atoms with van der Waals surface area (Å²) < 4.78 is 24.4. The van der Waals surface area contributed by atoms with Gasteiger partial charge in [-0.2, -0.15) is 0 Å². The Morgan fingerprint density at radius 2 is 1.44 bits per heavy atom. The Bertz CT molecular complexity index is 353. The van der Waals surface area contributed by atoms with Gasteiger partial charge in [-0.3, -0.25) is 0 Å². The van der Waals surface area contributed by atoms with Crippen molar-refractivity contribution in [1.29, 1.82) is 0 Å². The molecule has 0 aromatic heterocycles. The fraction of sp³-hybridized carbons (Fsp3) is 1.00. The molecule has 0 amide bonds.